The topological polar surface area (TPSA) is 57.5 Å². The van der Waals surface area contributed by atoms with E-state index in [1.54, 1.807) is 0 Å². The molecule has 7 rings (SSSR count). The van der Waals surface area contributed by atoms with Crippen molar-refractivity contribution in [3.05, 3.63) is 169 Å². The van der Waals surface area contributed by atoms with E-state index in [2.05, 4.69) is 90.4 Å². The number of anilines is 2. The van der Waals surface area contributed by atoms with Gasteiger partial charge in [0.05, 0.1) is 17.3 Å². The molecule has 0 atom stereocenters. The molecule has 0 bridgehead atoms. The number of aromatic nitrogens is 2. The van der Waals surface area contributed by atoms with Crippen molar-refractivity contribution in [2.24, 2.45) is 0 Å². The molecule has 5 heteroatoms. The fourth-order valence-corrected chi connectivity index (χ4v) is 5.63. The molecule has 0 amide bonds. The normalized spacial score (nSPS) is 12.7. The van der Waals surface area contributed by atoms with Gasteiger partial charge in [0.2, 0.25) is 0 Å². The number of pyridine rings is 1. The molecule has 216 valence electrons. The van der Waals surface area contributed by atoms with Gasteiger partial charge in [0.15, 0.2) is 0 Å². The third kappa shape index (κ3) is 5.78. The highest BCUT2D eigenvalue weighted by molar-refractivity contribution is 5.76. The van der Waals surface area contributed by atoms with Gasteiger partial charge < -0.3 is 13.7 Å². The number of hydrogen-bond acceptors (Lipinski definition) is 4. The number of nitrogens with zero attached hydrogens (tertiary/aromatic N) is 4. The van der Waals surface area contributed by atoms with Gasteiger partial charge in [0.1, 0.15) is 17.2 Å². The molecule has 45 heavy (non-hydrogen) atoms. The first kappa shape index (κ1) is 27.7. The van der Waals surface area contributed by atoms with E-state index < -0.39 is 0 Å². The maximum atomic E-state index is 9.17. The van der Waals surface area contributed by atoms with Gasteiger partial charge in [0.25, 0.3) is 0 Å². The molecule has 0 unspecified atom stereocenters. The lowest BCUT2D eigenvalue weighted by Gasteiger charge is -2.26. The summed E-state index contributed by atoms with van der Waals surface area (Å²) in [5, 5.41) is 9.17. The van der Waals surface area contributed by atoms with Crippen LogP contribution in [0, 0.1) is 11.3 Å². The van der Waals surface area contributed by atoms with Crippen LogP contribution in [0.4, 0.5) is 11.4 Å². The Morgan fingerprint density at radius 1 is 0.911 bits per heavy atom. The molecular formula is C40H30N4O. The number of nitriles is 1. The highest BCUT2D eigenvalue weighted by Crippen LogP contribution is 2.34. The predicted octanol–water partition coefficient (Wildman–Crippen LogP) is 10.0. The fourth-order valence-electron chi connectivity index (χ4n) is 5.63. The molecule has 0 fully saturated rings. The molecular weight excluding hydrogens is 552 g/mol. The van der Waals surface area contributed by atoms with Gasteiger partial charge in [0, 0.05) is 47.0 Å². The molecule has 1 aliphatic rings. The summed E-state index contributed by atoms with van der Waals surface area (Å²) in [7, 11) is 0. The Morgan fingerprint density at radius 2 is 1.62 bits per heavy atom. The van der Waals surface area contributed by atoms with Gasteiger partial charge in [-0.15, -0.1) is 0 Å². The maximum absolute atomic E-state index is 9.17. The number of fused-ring (bicyclic) bond motifs is 2. The van der Waals surface area contributed by atoms with Gasteiger partial charge in [-0.3, -0.25) is 0 Å². The average Bonchev–Trinajstić information content (AvgIpc) is 3.73. The van der Waals surface area contributed by atoms with Crippen LogP contribution >= 0.6 is 0 Å². The second kappa shape index (κ2) is 12.2. The number of hydrogen-bond donors (Lipinski definition) is 0. The summed E-state index contributed by atoms with van der Waals surface area (Å²) in [6.07, 6.45) is 18.2. The van der Waals surface area contributed by atoms with Crippen molar-refractivity contribution in [2.45, 2.75) is 12.8 Å². The highest BCUT2D eigenvalue weighted by Gasteiger charge is 2.15. The summed E-state index contributed by atoms with van der Waals surface area (Å²) >= 11 is 0. The number of benzene rings is 3. The summed E-state index contributed by atoms with van der Waals surface area (Å²) in [6, 6.07) is 34.8. The van der Waals surface area contributed by atoms with Crippen LogP contribution < -0.4 is 4.90 Å². The van der Waals surface area contributed by atoms with Crippen molar-refractivity contribution in [2.75, 3.05) is 4.90 Å². The molecule has 0 aliphatic heterocycles. The van der Waals surface area contributed by atoms with Crippen molar-refractivity contribution in [1.82, 2.24) is 9.38 Å². The summed E-state index contributed by atoms with van der Waals surface area (Å²) in [5.41, 5.74) is 9.71. The van der Waals surface area contributed by atoms with Crippen molar-refractivity contribution in [3.63, 3.8) is 0 Å². The standard InChI is InChI=1S/C40H30N4O/c1-2-34(9-7-10-37-26-33-8-3-4-11-39(33)45-37)44(35-21-17-31(18-22-35)30-15-13-29(27-41)14-16-30)36-23-19-32(20-24-36)38-28-43-25-6-5-12-40(43)42-38/h2-3,5-10,12-26,28H,1,4,11H2/b10-7+,34-9+. The second-order valence-electron chi connectivity index (χ2n) is 10.8. The molecule has 3 heterocycles. The minimum atomic E-state index is 0.647. The van der Waals surface area contributed by atoms with Crippen LogP contribution in [0.25, 0.3) is 40.2 Å². The first-order chi connectivity index (χ1) is 22.2. The molecule has 0 saturated carbocycles. The Labute approximate surface area is 262 Å². The fraction of sp³-hybridized carbons (Fsp3) is 0.0500. The zero-order chi connectivity index (χ0) is 30.6. The highest BCUT2D eigenvalue weighted by atomic mass is 16.3. The first-order valence-corrected chi connectivity index (χ1v) is 14.9. The molecule has 0 saturated heterocycles. The molecule has 0 radical (unpaired) electrons. The van der Waals surface area contributed by atoms with E-state index in [4.69, 9.17) is 9.40 Å². The Morgan fingerprint density at radius 3 is 2.29 bits per heavy atom. The van der Waals surface area contributed by atoms with E-state index in [9.17, 15) is 5.26 Å². The van der Waals surface area contributed by atoms with Crippen LogP contribution in [0.3, 0.4) is 0 Å². The van der Waals surface area contributed by atoms with Gasteiger partial charge in [-0.25, -0.2) is 4.98 Å². The monoisotopic (exact) mass is 582 g/mol. The van der Waals surface area contributed by atoms with Crippen LogP contribution in [0.15, 0.2) is 150 Å². The molecule has 0 spiro atoms. The van der Waals surface area contributed by atoms with Crippen LogP contribution in [-0.2, 0) is 6.42 Å². The molecule has 3 aromatic heterocycles. The minimum absolute atomic E-state index is 0.647. The molecule has 0 N–H and O–H groups in total. The summed E-state index contributed by atoms with van der Waals surface area (Å²) < 4.78 is 8.10. The van der Waals surface area contributed by atoms with E-state index in [0.29, 0.717) is 5.56 Å². The van der Waals surface area contributed by atoms with Crippen LogP contribution in [0.5, 0.6) is 0 Å². The van der Waals surface area contributed by atoms with E-state index in [-0.39, 0.29) is 0 Å². The Kier molecular flexibility index (Phi) is 7.53. The van der Waals surface area contributed by atoms with Crippen LogP contribution in [0.2, 0.25) is 0 Å². The van der Waals surface area contributed by atoms with E-state index in [0.717, 1.165) is 75.0 Å². The zero-order valence-electron chi connectivity index (χ0n) is 24.7. The van der Waals surface area contributed by atoms with Gasteiger partial charge in [-0.1, -0.05) is 67.3 Å². The average molecular weight is 583 g/mol. The van der Waals surface area contributed by atoms with Gasteiger partial charge in [-0.05, 0) is 90.4 Å². The van der Waals surface area contributed by atoms with Crippen molar-refractivity contribution in [1.29, 1.82) is 5.26 Å². The second-order valence-corrected chi connectivity index (χ2v) is 10.8. The Hall–Kier alpha value is -6.12. The zero-order valence-corrected chi connectivity index (χ0v) is 24.7. The smallest absolute Gasteiger partial charge is 0.137 e. The minimum Gasteiger partial charge on any atom is -0.461 e. The van der Waals surface area contributed by atoms with Gasteiger partial charge >= 0.3 is 0 Å². The molecule has 1 aliphatic carbocycles. The number of furan rings is 1. The summed E-state index contributed by atoms with van der Waals surface area (Å²) in [6.45, 7) is 4.17. The Bertz CT molecular complexity index is 2080. The van der Waals surface area contributed by atoms with Crippen molar-refractivity contribution < 1.29 is 4.42 Å². The lowest BCUT2D eigenvalue weighted by Crippen LogP contribution is -2.14. The SMILES string of the molecule is C=C/C(=C\C=C\c1cc2c(o1)CCC=C2)N(c1ccc(-c2ccc(C#N)cc2)cc1)c1ccc(-c2cn3ccccc3n2)cc1. The third-order valence-corrected chi connectivity index (χ3v) is 7.95. The quantitative estimate of drug-likeness (QED) is 0.168. The predicted molar refractivity (Wildman–Crippen MR) is 183 cm³/mol. The van der Waals surface area contributed by atoms with Crippen LogP contribution in [-0.4, -0.2) is 9.38 Å². The molecule has 3 aromatic carbocycles. The number of allylic oxidation sites excluding steroid dienone is 4. The summed E-state index contributed by atoms with van der Waals surface area (Å²) in [4.78, 5) is 6.98. The summed E-state index contributed by atoms with van der Waals surface area (Å²) in [5.74, 6) is 1.88. The molecule has 5 nitrogen and oxygen atoms in total. The number of rotatable bonds is 8. The van der Waals surface area contributed by atoms with E-state index in [1.807, 2.05) is 77.5 Å². The van der Waals surface area contributed by atoms with Crippen molar-refractivity contribution in [3.8, 4) is 28.5 Å². The van der Waals surface area contributed by atoms with E-state index >= 15 is 0 Å². The maximum Gasteiger partial charge on any atom is 0.137 e. The number of imidazole rings is 1. The molecule has 6 aromatic rings. The Balaban J connectivity index is 1.23. The van der Waals surface area contributed by atoms with Gasteiger partial charge in [-0.2, -0.15) is 5.26 Å². The lowest BCUT2D eigenvalue weighted by atomic mass is 10.0. The number of aryl methyl sites for hydroxylation is 1. The lowest BCUT2D eigenvalue weighted by molar-refractivity contribution is 0.499. The largest absolute Gasteiger partial charge is 0.461 e. The third-order valence-electron chi connectivity index (χ3n) is 7.95. The van der Waals surface area contributed by atoms with Crippen molar-refractivity contribution >= 4 is 29.2 Å². The first-order valence-electron chi connectivity index (χ1n) is 14.9. The van der Waals surface area contributed by atoms with Crippen LogP contribution in [0.1, 0.15) is 29.1 Å². The van der Waals surface area contributed by atoms with E-state index in [1.165, 1.54) is 0 Å².